The number of rotatable bonds is 77. The van der Waals surface area contributed by atoms with E-state index in [0.717, 1.165) is 186 Å². The van der Waals surface area contributed by atoms with Crippen molar-refractivity contribution < 1.29 is 80.2 Å². The summed E-state index contributed by atoms with van der Waals surface area (Å²) in [5.41, 5.74) is 0. The fraction of sp³-hybridized carbons (Fsp3) is 0.735. The molecule has 0 saturated heterocycles. The topological polar surface area (TPSA) is 237 Å². The van der Waals surface area contributed by atoms with Crippen LogP contribution in [0.2, 0.25) is 0 Å². The summed E-state index contributed by atoms with van der Waals surface area (Å²) in [4.78, 5) is 70.6. The van der Waals surface area contributed by atoms with Gasteiger partial charge in [0.2, 0.25) is 0 Å². The molecule has 17 nitrogen and oxygen atoms in total. The molecule has 0 aliphatic rings. The standard InChI is InChI=1S/C83H144O17P2/c1-4-7-10-13-16-19-22-25-28-29-34-39-44-48-53-58-63-68-82(87)99-79(74-93-71-66-61-56-51-46-41-36-31-30-35-40-45-50-55-60-65-70-84)76-97-101(89,90)95-72-78(85)73-96-102(91,92)98-77-80(100-83(88)69-64-59-54-49-43-38-33-27-24-21-18-15-12-9-6-3)75-94-81(86)67-62-57-52-47-42-37-32-26-23-20-17-14-11-8-5-2/h16-21,25-28,30,32-35,39,48,53,70,78-80,85H,4-15,22-24,29,31,36-38,40-47,49-52,54-69,71-77H2,1-3H3,(H,89,90)(H,91,92)/b19-16-,20-17-,21-18-,28-25-,32-26-,33-27-,35-30-,39-34-,53-48-/t78-,79-,80-/m1/s1. The second-order valence-electron chi connectivity index (χ2n) is 26.6. The van der Waals surface area contributed by atoms with Crippen LogP contribution >= 0.6 is 15.6 Å². The molecule has 588 valence electrons. The van der Waals surface area contributed by atoms with Crippen LogP contribution in [0.25, 0.3) is 0 Å². The molecule has 0 aromatic carbocycles. The minimum absolute atomic E-state index is 0.0839. The van der Waals surface area contributed by atoms with Crippen LogP contribution in [0.1, 0.15) is 329 Å². The van der Waals surface area contributed by atoms with E-state index in [-0.39, 0.29) is 25.9 Å². The molecule has 0 rings (SSSR count). The number of esters is 3. The zero-order valence-corrected chi connectivity index (χ0v) is 65.8. The van der Waals surface area contributed by atoms with Crippen molar-refractivity contribution in [2.24, 2.45) is 0 Å². The Morgan fingerprint density at radius 2 is 0.588 bits per heavy atom. The van der Waals surface area contributed by atoms with E-state index in [1.807, 2.05) is 6.08 Å². The summed E-state index contributed by atoms with van der Waals surface area (Å²) in [5.74, 6) is -1.62. The van der Waals surface area contributed by atoms with Crippen LogP contribution in [0.4, 0.5) is 0 Å². The molecule has 0 amide bonds. The van der Waals surface area contributed by atoms with Crippen molar-refractivity contribution in [1.29, 1.82) is 0 Å². The maximum absolute atomic E-state index is 13.1. The molecular formula is C83H144O17P2. The molecule has 5 atom stereocenters. The summed E-state index contributed by atoms with van der Waals surface area (Å²) in [5, 5.41) is 10.6. The van der Waals surface area contributed by atoms with Gasteiger partial charge in [0.25, 0.3) is 0 Å². The fourth-order valence-electron chi connectivity index (χ4n) is 10.5. The summed E-state index contributed by atoms with van der Waals surface area (Å²) in [6, 6.07) is 0. The van der Waals surface area contributed by atoms with Crippen molar-refractivity contribution in [3.8, 4) is 0 Å². The number of unbranched alkanes of at least 4 members (excludes halogenated alkanes) is 32. The molecule has 0 fully saturated rings. The number of hydrogen-bond acceptors (Lipinski definition) is 15. The first-order chi connectivity index (χ1) is 49.8. The van der Waals surface area contributed by atoms with Crippen LogP contribution in [-0.2, 0) is 65.4 Å². The van der Waals surface area contributed by atoms with Gasteiger partial charge >= 0.3 is 33.6 Å². The van der Waals surface area contributed by atoms with Crippen molar-refractivity contribution in [2.75, 3.05) is 46.2 Å². The van der Waals surface area contributed by atoms with E-state index >= 15 is 0 Å². The van der Waals surface area contributed by atoms with Crippen molar-refractivity contribution in [2.45, 2.75) is 347 Å². The third-order valence-electron chi connectivity index (χ3n) is 16.7. The molecule has 0 heterocycles. The van der Waals surface area contributed by atoms with Gasteiger partial charge in [-0.3, -0.25) is 32.5 Å². The summed E-state index contributed by atoms with van der Waals surface area (Å²) < 4.78 is 69.2. The normalized spacial score (nSPS) is 14.5. The molecule has 0 spiro atoms. The third-order valence-corrected chi connectivity index (χ3v) is 18.6. The number of phosphoric acid groups is 2. The molecule has 2 unspecified atom stereocenters. The van der Waals surface area contributed by atoms with Gasteiger partial charge in [-0.15, -0.1) is 0 Å². The molecule has 102 heavy (non-hydrogen) atoms. The van der Waals surface area contributed by atoms with Crippen molar-refractivity contribution in [1.82, 2.24) is 0 Å². The average Bonchev–Trinajstić information content (AvgIpc) is 0.916. The highest BCUT2D eigenvalue weighted by Crippen LogP contribution is 2.45. The van der Waals surface area contributed by atoms with Gasteiger partial charge < -0.3 is 38.6 Å². The Kier molecular flexibility index (Phi) is 73.4. The van der Waals surface area contributed by atoms with Crippen LogP contribution in [0.3, 0.4) is 0 Å². The number of allylic oxidation sites excluding steroid dienone is 18. The number of hydrogen-bond donors (Lipinski definition) is 3. The molecule has 0 aliphatic carbocycles. The van der Waals surface area contributed by atoms with E-state index in [2.05, 4.69) is 124 Å². The maximum Gasteiger partial charge on any atom is 0.472 e. The number of carbonyl (C=O) groups is 4. The molecule has 0 saturated carbocycles. The molecular weight excluding hydrogens is 1330 g/mol. The summed E-state index contributed by atoms with van der Waals surface area (Å²) >= 11 is 0. The minimum Gasteiger partial charge on any atom is -0.462 e. The number of aliphatic hydroxyl groups is 1. The maximum atomic E-state index is 13.1. The summed E-state index contributed by atoms with van der Waals surface area (Å²) in [7, 11) is -9.87. The van der Waals surface area contributed by atoms with E-state index in [4.69, 9.17) is 37.0 Å². The van der Waals surface area contributed by atoms with Crippen LogP contribution in [0, 0.1) is 0 Å². The van der Waals surface area contributed by atoms with Crippen molar-refractivity contribution >= 4 is 39.8 Å². The molecule has 0 aliphatic heterocycles. The molecule has 0 aromatic rings. The van der Waals surface area contributed by atoms with Crippen LogP contribution in [-0.4, -0.2) is 104 Å². The monoisotopic (exact) mass is 1470 g/mol. The van der Waals surface area contributed by atoms with E-state index < -0.39 is 84.9 Å². The Balaban J connectivity index is 5.36. The first-order valence-corrected chi connectivity index (χ1v) is 43.1. The van der Waals surface area contributed by atoms with E-state index in [9.17, 15) is 43.2 Å². The van der Waals surface area contributed by atoms with E-state index in [1.165, 1.54) is 77.0 Å². The molecule has 0 bridgehead atoms. The molecule has 0 radical (unpaired) electrons. The van der Waals surface area contributed by atoms with Gasteiger partial charge in [-0.05, 0) is 161 Å². The lowest BCUT2D eigenvalue weighted by molar-refractivity contribution is -0.161. The molecule has 0 aromatic heterocycles. The highest BCUT2D eigenvalue weighted by atomic mass is 31.2. The van der Waals surface area contributed by atoms with Gasteiger partial charge in [0.05, 0.1) is 33.0 Å². The summed E-state index contributed by atoms with van der Waals surface area (Å²) in [6.45, 7) is 3.49. The average molecular weight is 1480 g/mol. The molecule has 19 heteroatoms. The SMILES string of the molecule is CCCCC/C=C\C/C=C\C/C=C\C/C=C\CCCC(=O)O[C@H](COCCCCCCCCC/C=C\CCCCCCC=O)COP(=O)(O)OC[C@@H](O)COP(=O)(O)OC[C@@H](COC(=O)CCCCCCC/C=C\C/C=C\CCCCC)OC(=O)CCCCCCC/C=C\C/C=C\CCCCC. The smallest absolute Gasteiger partial charge is 0.462 e. The van der Waals surface area contributed by atoms with Crippen LogP contribution in [0.15, 0.2) is 109 Å². The first kappa shape index (κ1) is 97.9. The number of ether oxygens (including phenoxy) is 4. The lowest BCUT2D eigenvalue weighted by Gasteiger charge is -2.21. The Morgan fingerprint density at radius 3 is 0.961 bits per heavy atom. The number of carbonyl (C=O) groups excluding carboxylic acids is 4. The Hall–Kier alpha value is -4.12. The minimum atomic E-state index is -4.96. The van der Waals surface area contributed by atoms with Crippen LogP contribution in [0.5, 0.6) is 0 Å². The van der Waals surface area contributed by atoms with Gasteiger partial charge in [-0.2, -0.15) is 0 Å². The lowest BCUT2D eigenvalue weighted by atomic mass is 10.1. The van der Waals surface area contributed by atoms with Crippen molar-refractivity contribution in [3.63, 3.8) is 0 Å². The van der Waals surface area contributed by atoms with Gasteiger partial charge in [0.1, 0.15) is 25.1 Å². The van der Waals surface area contributed by atoms with Crippen LogP contribution < -0.4 is 0 Å². The predicted molar refractivity (Wildman–Crippen MR) is 418 cm³/mol. The highest BCUT2D eigenvalue weighted by Gasteiger charge is 2.30. The number of aliphatic hydroxyl groups excluding tert-OH is 1. The fourth-order valence-corrected chi connectivity index (χ4v) is 12.1. The Bertz CT molecular complexity index is 2330. The van der Waals surface area contributed by atoms with E-state index in [1.54, 1.807) is 0 Å². The van der Waals surface area contributed by atoms with Gasteiger partial charge in [0.15, 0.2) is 6.10 Å². The van der Waals surface area contributed by atoms with Gasteiger partial charge in [-0.25, -0.2) is 9.13 Å². The lowest BCUT2D eigenvalue weighted by Crippen LogP contribution is -2.30. The second-order valence-corrected chi connectivity index (χ2v) is 29.5. The predicted octanol–water partition coefficient (Wildman–Crippen LogP) is 23.0. The quantitative estimate of drug-likeness (QED) is 0.0128. The third kappa shape index (κ3) is 75.6. The van der Waals surface area contributed by atoms with Crippen molar-refractivity contribution in [3.05, 3.63) is 109 Å². The second kappa shape index (κ2) is 76.5. The summed E-state index contributed by atoms with van der Waals surface area (Å²) in [6.07, 6.45) is 82.6. The Labute approximate surface area is 619 Å². The number of phosphoric ester groups is 2. The highest BCUT2D eigenvalue weighted by molar-refractivity contribution is 7.47. The zero-order chi connectivity index (χ0) is 74.4. The van der Waals surface area contributed by atoms with E-state index in [0.29, 0.717) is 38.7 Å². The Morgan fingerprint density at radius 1 is 0.314 bits per heavy atom. The number of aldehydes is 1. The van der Waals surface area contributed by atoms with Gasteiger partial charge in [-0.1, -0.05) is 252 Å². The van der Waals surface area contributed by atoms with Gasteiger partial charge in [0, 0.05) is 32.3 Å². The largest absolute Gasteiger partial charge is 0.472 e. The first-order valence-electron chi connectivity index (χ1n) is 40.1. The zero-order valence-electron chi connectivity index (χ0n) is 64.0. The molecule has 3 N–H and O–H groups in total.